The second kappa shape index (κ2) is 7.55. The van der Waals surface area contributed by atoms with Gasteiger partial charge in [0.1, 0.15) is 5.82 Å². The van der Waals surface area contributed by atoms with Crippen LogP contribution in [-0.4, -0.2) is 32.8 Å². The van der Waals surface area contributed by atoms with Crippen LogP contribution in [-0.2, 0) is 0 Å². The first-order chi connectivity index (χ1) is 12.1. The number of nitrogens with one attached hydrogen (secondary N) is 1. The zero-order valence-electron chi connectivity index (χ0n) is 14.4. The van der Waals surface area contributed by atoms with E-state index in [1.54, 1.807) is 4.68 Å². The molecule has 3 N–H and O–H groups in total. The van der Waals surface area contributed by atoms with Gasteiger partial charge in [0, 0.05) is 12.5 Å². The lowest BCUT2D eigenvalue weighted by Crippen LogP contribution is -2.51. The van der Waals surface area contributed by atoms with Crippen LogP contribution in [0.1, 0.15) is 60.9 Å². The molecule has 1 heterocycles. The van der Waals surface area contributed by atoms with Gasteiger partial charge in [0.15, 0.2) is 0 Å². The molecule has 6 nitrogen and oxygen atoms in total. The first-order valence-corrected chi connectivity index (χ1v) is 9.24. The van der Waals surface area contributed by atoms with E-state index in [4.69, 9.17) is 17.3 Å². The Morgan fingerprint density at radius 3 is 2.62 bits per heavy atom. The Hall–Kier alpha value is -1.63. The molecule has 140 valence electrons. The summed E-state index contributed by atoms with van der Waals surface area (Å²) in [5.41, 5.74) is 6.36. The number of carbonyl (C=O) groups is 1. The van der Waals surface area contributed by atoms with E-state index in [-0.39, 0.29) is 29.7 Å². The van der Waals surface area contributed by atoms with Crippen molar-refractivity contribution in [2.75, 3.05) is 6.54 Å². The maximum Gasteiger partial charge on any atom is 0.291 e. The van der Waals surface area contributed by atoms with Crippen molar-refractivity contribution in [2.24, 2.45) is 5.73 Å². The number of hydrogen-bond donors (Lipinski definition) is 2. The zero-order chi connectivity index (χ0) is 17.4. The number of benzene rings is 1. The molecule has 0 bridgehead atoms. The van der Waals surface area contributed by atoms with Crippen molar-refractivity contribution in [3.05, 3.63) is 40.9 Å². The van der Waals surface area contributed by atoms with Crippen LogP contribution < -0.4 is 11.1 Å². The summed E-state index contributed by atoms with van der Waals surface area (Å²) in [4.78, 5) is 17.3. The molecule has 1 aromatic heterocycles. The van der Waals surface area contributed by atoms with Gasteiger partial charge >= 0.3 is 0 Å². The lowest BCUT2D eigenvalue weighted by atomic mass is 9.98. The summed E-state index contributed by atoms with van der Waals surface area (Å²) >= 11 is 6.32. The topological polar surface area (TPSA) is 85.8 Å². The Morgan fingerprint density at radius 1 is 1.31 bits per heavy atom. The highest BCUT2D eigenvalue weighted by Gasteiger charge is 2.36. The summed E-state index contributed by atoms with van der Waals surface area (Å²) < 4.78 is 1.72. The molecule has 2 saturated carbocycles. The van der Waals surface area contributed by atoms with Gasteiger partial charge in [0.05, 0.1) is 16.2 Å². The van der Waals surface area contributed by atoms with Crippen molar-refractivity contribution in [3.8, 4) is 5.69 Å². The standard InChI is InChI=1S/C18H22ClN5O.ClH/c19-13-5-1-2-6-14(13)24-16(12-7-8-12)21-15(23-24)17(25)22-18(11-20)9-3-4-10-18;/h1-2,5-6,12H,3-4,7-11,20H2,(H,22,25);1H. The molecule has 0 radical (unpaired) electrons. The highest BCUT2D eigenvalue weighted by molar-refractivity contribution is 6.32. The van der Waals surface area contributed by atoms with Crippen molar-refractivity contribution in [2.45, 2.75) is 50.0 Å². The van der Waals surface area contributed by atoms with Gasteiger partial charge in [-0.3, -0.25) is 4.79 Å². The van der Waals surface area contributed by atoms with E-state index in [0.717, 1.165) is 50.0 Å². The second-order valence-electron chi connectivity index (χ2n) is 7.08. The smallest absolute Gasteiger partial charge is 0.291 e. The number of aromatic nitrogens is 3. The molecule has 0 spiro atoms. The number of carbonyl (C=O) groups excluding carboxylic acids is 1. The van der Waals surface area contributed by atoms with Crippen LogP contribution >= 0.6 is 24.0 Å². The van der Waals surface area contributed by atoms with Crippen molar-refractivity contribution < 1.29 is 4.79 Å². The first-order valence-electron chi connectivity index (χ1n) is 8.86. The maximum absolute atomic E-state index is 12.8. The quantitative estimate of drug-likeness (QED) is 0.813. The summed E-state index contributed by atoms with van der Waals surface area (Å²) in [6.45, 7) is 0.444. The van der Waals surface area contributed by atoms with E-state index >= 15 is 0 Å². The second-order valence-corrected chi connectivity index (χ2v) is 7.48. The molecule has 2 fully saturated rings. The average Bonchev–Trinajstić information content (AvgIpc) is 3.19. The van der Waals surface area contributed by atoms with Crippen molar-refractivity contribution in [1.82, 2.24) is 20.1 Å². The monoisotopic (exact) mass is 395 g/mol. The Bertz CT molecular complexity index is 797. The van der Waals surface area contributed by atoms with Gasteiger partial charge in [-0.05, 0) is 37.8 Å². The number of hydrogen-bond acceptors (Lipinski definition) is 4. The minimum Gasteiger partial charge on any atom is -0.343 e. The minimum atomic E-state index is -0.313. The molecule has 8 heteroatoms. The molecular formula is C18H23Cl2N5O. The van der Waals surface area contributed by atoms with Gasteiger partial charge in [-0.2, -0.15) is 0 Å². The fourth-order valence-electron chi connectivity index (χ4n) is 3.56. The molecule has 0 aliphatic heterocycles. The fourth-order valence-corrected chi connectivity index (χ4v) is 3.77. The lowest BCUT2D eigenvalue weighted by molar-refractivity contribution is 0.0892. The Kier molecular flexibility index (Phi) is 5.55. The normalized spacial score (nSPS) is 18.4. The predicted octanol–water partition coefficient (Wildman–Crippen LogP) is 3.22. The number of para-hydroxylation sites is 1. The van der Waals surface area contributed by atoms with Gasteiger partial charge in [0.25, 0.3) is 5.91 Å². The van der Waals surface area contributed by atoms with Gasteiger partial charge in [-0.15, -0.1) is 17.5 Å². The number of halogens is 2. The molecular weight excluding hydrogens is 373 g/mol. The van der Waals surface area contributed by atoms with Crippen LogP contribution in [0.2, 0.25) is 5.02 Å². The van der Waals surface area contributed by atoms with E-state index in [1.165, 1.54) is 0 Å². The lowest BCUT2D eigenvalue weighted by Gasteiger charge is -2.27. The largest absolute Gasteiger partial charge is 0.343 e. The van der Waals surface area contributed by atoms with Gasteiger partial charge in [0.2, 0.25) is 5.82 Å². The molecule has 2 aliphatic rings. The molecule has 1 aromatic carbocycles. The van der Waals surface area contributed by atoms with Gasteiger partial charge in [-0.1, -0.05) is 36.6 Å². The van der Waals surface area contributed by atoms with Crippen LogP contribution in [0.3, 0.4) is 0 Å². The summed E-state index contributed by atoms with van der Waals surface area (Å²) in [5, 5.41) is 8.16. The summed E-state index contributed by atoms with van der Waals surface area (Å²) in [6, 6.07) is 7.49. The highest BCUT2D eigenvalue weighted by atomic mass is 35.5. The molecule has 2 aromatic rings. The maximum atomic E-state index is 12.8. The van der Waals surface area contributed by atoms with E-state index in [9.17, 15) is 4.79 Å². The third kappa shape index (κ3) is 3.59. The minimum absolute atomic E-state index is 0. The van der Waals surface area contributed by atoms with E-state index in [2.05, 4.69) is 15.4 Å². The molecule has 4 rings (SSSR count). The number of nitrogens with zero attached hydrogens (tertiary/aromatic N) is 3. The molecule has 2 aliphatic carbocycles. The third-order valence-electron chi connectivity index (χ3n) is 5.19. The van der Waals surface area contributed by atoms with Gasteiger partial charge in [-0.25, -0.2) is 9.67 Å². The number of nitrogens with two attached hydrogens (primary N) is 1. The average molecular weight is 396 g/mol. The van der Waals surface area contributed by atoms with Crippen LogP contribution in [0, 0.1) is 0 Å². The molecule has 1 amide bonds. The first kappa shape index (κ1) is 19.1. The van der Waals surface area contributed by atoms with Crippen LogP contribution in [0.15, 0.2) is 24.3 Å². The Labute approximate surface area is 163 Å². The zero-order valence-corrected chi connectivity index (χ0v) is 16.0. The van der Waals surface area contributed by atoms with Crippen LogP contribution in [0.5, 0.6) is 0 Å². The Balaban J connectivity index is 0.00000196. The summed E-state index contributed by atoms with van der Waals surface area (Å²) in [6.07, 6.45) is 6.14. The number of amides is 1. The predicted molar refractivity (Wildman–Crippen MR) is 103 cm³/mol. The third-order valence-corrected chi connectivity index (χ3v) is 5.51. The van der Waals surface area contributed by atoms with E-state index in [1.807, 2.05) is 24.3 Å². The molecule has 0 atom stereocenters. The van der Waals surface area contributed by atoms with Crippen molar-refractivity contribution >= 4 is 29.9 Å². The molecule has 26 heavy (non-hydrogen) atoms. The van der Waals surface area contributed by atoms with E-state index in [0.29, 0.717) is 17.5 Å². The van der Waals surface area contributed by atoms with Crippen LogP contribution in [0.25, 0.3) is 5.69 Å². The SMILES string of the molecule is Cl.NCC1(NC(=O)c2nc(C3CC3)n(-c3ccccc3Cl)n2)CCCC1. The van der Waals surface area contributed by atoms with Crippen LogP contribution in [0.4, 0.5) is 0 Å². The summed E-state index contributed by atoms with van der Waals surface area (Å²) in [7, 11) is 0. The Morgan fingerprint density at radius 2 is 2.00 bits per heavy atom. The van der Waals surface area contributed by atoms with Crippen molar-refractivity contribution in [3.63, 3.8) is 0 Å². The molecule has 0 unspecified atom stereocenters. The fraction of sp³-hybridized carbons (Fsp3) is 0.500. The molecule has 0 saturated heterocycles. The number of rotatable bonds is 5. The summed E-state index contributed by atoms with van der Waals surface area (Å²) in [5.74, 6) is 1.10. The highest BCUT2D eigenvalue weighted by Crippen LogP contribution is 2.40. The van der Waals surface area contributed by atoms with Gasteiger partial charge < -0.3 is 11.1 Å². The van der Waals surface area contributed by atoms with E-state index < -0.39 is 0 Å². The van der Waals surface area contributed by atoms with Crippen molar-refractivity contribution in [1.29, 1.82) is 0 Å².